The van der Waals surface area contributed by atoms with Crippen molar-refractivity contribution in [1.29, 1.82) is 0 Å². The van der Waals surface area contributed by atoms with Crippen molar-refractivity contribution in [2.45, 2.75) is 42.1 Å². The second kappa shape index (κ2) is 6.16. The highest BCUT2D eigenvalue weighted by atomic mass is 32.2. The van der Waals surface area contributed by atoms with Gasteiger partial charge in [0.15, 0.2) is 9.84 Å². The fourth-order valence-corrected chi connectivity index (χ4v) is 4.58. The second-order valence-corrected chi connectivity index (χ2v) is 8.37. The molecule has 1 aromatic rings. The lowest BCUT2D eigenvalue weighted by Gasteiger charge is -2.33. The maximum Gasteiger partial charge on any atom is 0.318 e. The smallest absolute Gasteiger partial charge is 0.318 e. The molecule has 1 aromatic heterocycles. The van der Waals surface area contributed by atoms with Crippen molar-refractivity contribution in [2.24, 2.45) is 0 Å². The van der Waals surface area contributed by atoms with Gasteiger partial charge in [0.05, 0.1) is 29.5 Å². The third-order valence-electron chi connectivity index (χ3n) is 4.48. The highest BCUT2D eigenvalue weighted by Crippen LogP contribution is 2.35. The fraction of sp³-hybridized carbons (Fsp3) is 0.667. The number of carbonyl (C=O) groups is 1. The molecule has 0 radical (unpaired) electrons. The van der Waals surface area contributed by atoms with Gasteiger partial charge in [-0.25, -0.2) is 8.42 Å². The quantitative estimate of drug-likeness (QED) is 0.731. The monoisotopic (exact) mass is 340 g/mol. The molecule has 1 saturated carbocycles. The summed E-state index contributed by atoms with van der Waals surface area (Å²) in [5.41, 5.74) is -0.0559. The van der Waals surface area contributed by atoms with E-state index in [4.69, 9.17) is 9.47 Å². The Morgan fingerprint density at radius 1 is 1.35 bits per heavy atom. The fourth-order valence-electron chi connectivity index (χ4n) is 2.94. The third kappa shape index (κ3) is 3.23. The van der Waals surface area contributed by atoms with Gasteiger partial charge in [-0.15, -0.1) is 0 Å². The number of carbonyl (C=O) groups excluding carboxylic acids is 1. The first-order chi connectivity index (χ1) is 11.0. The number of rotatable bonds is 5. The molecule has 0 spiro atoms. The molecule has 2 aliphatic rings. The van der Waals surface area contributed by atoms with Crippen molar-refractivity contribution < 1.29 is 22.7 Å². The summed E-state index contributed by atoms with van der Waals surface area (Å²) in [5.74, 6) is -0.510. The Labute approximate surface area is 135 Å². The largest absolute Gasteiger partial charge is 0.468 e. The Bertz CT molecular complexity index is 694. The number of hydrogen-bond donors (Lipinski definition) is 0. The van der Waals surface area contributed by atoms with E-state index in [2.05, 4.69) is 9.97 Å². The predicted octanol–water partition coefficient (Wildman–Crippen LogP) is 0.775. The predicted molar refractivity (Wildman–Crippen MR) is 81.4 cm³/mol. The van der Waals surface area contributed by atoms with Crippen LogP contribution < -0.4 is 0 Å². The van der Waals surface area contributed by atoms with E-state index in [0.717, 1.165) is 12.8 Å². The van der Waals surface area contributed by atoms with Crippen LogP contribution in [0.1, 0.15) is 37.1 Å². The average Bonchev–Trinajstić information content (AvgIpc) is 3.40. The summed E-state index contributed by atoms with van der Waals surface area (Å²) in [6, 6.07) is 0. The van der Waals surface area contributed by atoms with Crippen LogP contribution in [0.25, 0.3) is 0 Å². The van der Waals surface area contributed by atoms with Gasteiger partial charge >= 0.3 is 5.97 Å². The first kappa shape index (κ1) is 16.3. The van der Waals surface area contributed by atoms with Gasteiger partial charge in [0.25, 0.3) is 0 Å². The molecule has 2 heterocycles. The lowest BCUT2D eigenvalue weighted by atomic mass is 9.77. The molecule has 3 rings (SSSR count). The maximum absolute atomic E-state index is 12.3. The number of hydrogen-bond acceptors (Lipinski definition) is 7. The number of ether oxygens (including phenoxy) is 2. The van der Waals surface area contributed by atoms with E-state index in [1.165, 1.54) is 19.5 Å². The zero-order valence-electron chi connectivity index (χ0n) is 13.0. The molecule has 7 nitrogen and oxygen atoms in total. The normalized spacial score (nSPS) is 20.9. The molecule has 0 unspecified atom stereocenters. The molecule has 1 saturated heterocycles. The minimum Gasteiger partial charge on any atom is -0.468 e. The highest BCUT2D eigenvalue weighted by molar-refractivity contribution is 7.91. The van der Waals surface area contributed by atoms with Gasteiger partial charge in [-0.1, -0.05) is 0 Å². The minimum atomic E-state index is -3.18. The van der Waals surface area contributed by atoms with E-state index in [1.807, 2.05) is 0 Å². The van der Waals surface area contributed by atoms with Crippen molar-refractivity contribution in [1.82, 2.24) is 9.97 Å². The minimum absolute atomic E-state index is 0.133. The topological polar surface area (TPSA) is 95.5 Å². The molecule has 0 aromatic carbocycles. The van der Waals surface area contributed by atoms with Crippen LogP contribution in [0, 0.1) is 0 Å². The lowest BCUT2D eigenvalue weighted by Crippen LogP contribution is -2.43. The second-order valence-electron chi connectivity index (χ2n) is 6.09. The summed E-state index contributed by atoms with van der Waals surface area (Å²) in [6.45, 7) is 0.864. The molecule has 23 heavy (non-hydrogen) atoms. The molecule has 0 atom stereocenters. The maximum atomic E-state index is 12.3. The molecular formula is C15H20N2O5S. The van der Waals surface area contributed by atoms with E-state index in [9.17, 15) is 13.2 Å². The van der Waals surface area contributed by atoms with Crippen LogP contribution in [0.15, 0.2) is 12.4 Å². The van der Waals surface area contributed by atoms with Crippen LogP contribution in [-0.2, 0) is 35.3 Å². The summed E-state index contributed by atoms with van der Waals surface area (Å²) in [4.78, 5) is 20.9. The number of sulfone groups is 1. The van der Waals surface area contributed by atoms with Crippen molar-refractivity contribution in [3.8, 4) is 0 Å². The first-order valence-electron chi connectivity index (χ1n) is 7.67. The van der Waals surface area contributed by atoms with Crippen LogP contribution in [0.3, 0.4) is 0 Å². The molecule has 0 bridgehead atoms. The zero-order chi connectivity index (χ0) is 16.5. The zero-order valence-corrected chi connectivity index (χ0v) is 13.8. The molecule has 8 heteroatoms. The number of aromatic nitrogens is 2. The Morgan fingerprint density at radius 2 is 2.04 bits per heavy atom. The molecule has 0 N–H and O–H groups in total. The average molecular weight is 340 g/mol. The van der Waals surface area contributed by atoms with Crippen molar-refractivity contribution in [3.63, 3.8) is 0 Å². The van der Waals surface area contributed by atoms with Gasteiger partial charge in [-0.2, -0.15) is 0 Å². The molecular weight excluding hydrogens is 320 g/mol. The highest BCUT2D eigenvalue weighted by Gasteiger charge is 2.45. The number of esters is 1. The summed E-state index contributed by atoms with van der Waals surface area (Å²) in [6.07, 6.45) is 5.32. The van der Waals surface area contributed by atoms with E-state index >= 15 is 0 Å². The molecule has 0 amide bonds. The summed E-state index contributed by atoms with van der Waals surface area (Å²) >= 11 is 0. The first-order valence-corrected chi connectivity index (χ1v) is 9.39. The van der Waals surface area contributed by atoms with Crippen molar-refractivity contribution in [2.75, 3.05) is 20.3 Å². The van der Waals surface area contributed by atoms with Crippen LogP contribution in [0.2, 0.25) is 0 Å². The molecule has 2 fully saturated rings. The van der Waals surface area contributed by atoms with E-state index < -0.39 is 15.3 Å². The number of methoxy groups -OCH3 is 1. The summed E-state index contributed by atoms with van der Waals surface area (Å²) in [7, 11) is -1.83. The van der Waals surface area contributed by atoms with Crippen molar-refractivity contribution in [3.05, 3.63) is 23.8 Å². The SMILES string of the molecule is COC(=O)C1(c2cncc(CS(=O)(=O)C3CC3)n2)CCOCC1. The molecule has 1 aliphatic heterocycles. The molecule has 1 aliphatic carbocycles. The Kier molecular flexibility index (Phi) is 4.37. The van der Waals surface area contributed by atoms with Gasteiger partial charge in [0.2, 0.25) is 0 Å². The standard InChI is InChI=1S/C15H20N2O5S/c1-21-14(18)15(4-6-22-7-5-15)13-9-16-8-11(17-13)10-23(19,20)12-2-3-12/h8-9,12H,2-7,10H2,1H3. The summed E-state index contributed by atoms with van der Waals surface area (Å²) in [5, 5.41) is -0.245. The van der Waals surface area contributed by atoms with Gasteiger partial charge in [0.1, 0.15) is 5.41 Å². The Hall–Kier alpha value is -1.54. The molecule has 126 valence electrons. The van der Waals surface area contributed by atoms with Gasteiger partial charge in [-0.3, -0.25) is 14.8 Å². The summed E-state index contributed by atoms with van der Waals surface area (Å²) < 4.78 is 34.6. The van der Waals surface area contributed by atoms with E-state index in [1.54, 1.807) is 0 Å². The van der Waals surface area contributed by atoms with Crippen LogP contribution >= 0.6 is 0 Å². The van der Waals surface area contributed by atoms with Gasteiger partial charge in [-0.05, 0) is 25.7 Å². The van der Waals surface area contributed by atoms with E-state index in [0.29, 0.717) is 37.4 Å². The van der Waals surface area contributed by atoms with Crippen LogP contribution in [0.4, 0.5) is 0 Å². The van der Waals surface area contributed by atoms with Gasteiger partial charge < -0.3 is 9.47 Å². The van der Waals surface area contributed by atoms with Crippen LogP contribution in [-0.4, -0.2) is 49.9 Å². The van der Waals surface area contributed by atoms with E-state index in [-0.39, 0.29) is 17.0 Å². The lowest BCUT2D eigenvalue weighted by molar-refractivity contribution is -0.151. The van der Waals surface area contributed by atoms with Crippen molar-refractivity contribution >= 4 is 15.8 Å². The Morgan fingerprint density at radius 3 is 2.65 bits per heavy atom. The number of nitrogens with zero attached hydrogens (tertiary/aromatic N) is 2. The van der Waals surface area contributed by atoms with Crippen LogP contribution in [0.5, 0.6) is 0 Å². The van der Waals surface area contributed by atoms with Gasteiger partial charge in [0, 0.05) is 25.6 Å². The third-order valence-corrected chi connectivity index (χ3v) is 6.66. The Balaban J connectivity index is 1.91.